The van der Waals surface area contributed by atoms with Crippen LogP contribution in [0.1, 0.15) is 59.3 Å². The highest BCUT2D eigenvalue weighted by atomic mass is 35.5. The number of aromatic nitrogens is 3. The summed E-state index contributed by atoms with van der Waals surface area (Å²) in [5.41, 5.74) is 4.42. The first kappa shape index (κ1) is 31.4. The topological polar surface area (TPSA) is 110 Å². The third-order valence-electron chi connectivity index (χ3n) is 9.76. The number of nitrogens with zero attached hydrogens (tertiary/aromatic N) is 6. The minimum atomic E-state index is -0.934. The summed E-state index contributed by atoms with van der Waals surface area (Å²) < 4.78 is 43.8. The maximum Gasteiger partial charge on any atom is 0.410 e. The van der Waals surface area contributed by atoms with E-state index in [9.17, 15) is 4.79 Å². The maximum atomic E-state index is 16.5. The number of hydrogen-bond donors (Lipinski definition) is 1. The van der Waals surface area contributed by atoms with E-state index in [1.165, 1.54) is 12.3 Å². The van der Waals surface area contributed by atoms with Crippen LogP contribution in [0.4, 0.5) is 25.1 Å². The van der Waals surface area contributed by atoms with Gasteiger partial charge in [0.15, 0.2) is 11.6 Å². The number of rotatable bonds is 5. The Hall–Kier alpha value is -3.22. The molecule has 0 radical (unpaired) electrons. The number of halogens is 4. The number of pyridine rings is 1. The van der Waals surface area contributed by atoms with Crippen molar-refractivity contribution in [3.63, 3.8) is 0 Å². The van der Waals surface area contributed by atoms with Gasteiger partial charge >= 0.3 is 12.1 Å². The van der Waals surface area contributed by atoms with Gasteiger partial charge in [0.25, 0.3) is 0 Å². The molecule has 246 valence electrons. The summed E-state index contributed by atoms with van der Waals surface area (Å²) in [5, 5.41) is -0.00382. The van der Waals surface area contributed by atoms with Crippen molar-refractivity contribution in [2.45, 2.75) is 82.5 Å². The number of nitrogen functional groups attached to an aromatic ring is 1. The second-order valence-electron chi connectivity index (χ2n) is 13.8. The van der Waals surface area contributed by atoms with Crippen LogP contribution in [-0.4, -0.2) is 86.9 Å². The highest BCUT2D eigenvalue weighted by Gasteiger charge is 2.46. The second-order valence-corrected chi connectivity index (χ2v) is 14.7. The smallest absolute Gasteiger partial charge is 0.410 e. The number of amides is 1. The number of fused-ring (bicyclic) bond motifs is 4. The first-order chi connectivity index (χ1) is 21.8. The van der Waals surface area contributed by atoms with Crippen molar-refractivity contribution in [1.82, 2.24) is 24.8 Å². The molecule has 3 aromatic rings. The first-order valence-electron chi connectivity index (χ1n) is 15.8. The van der Waals surface area contributed by atoms with Crippen molar-refractivity contribution in [2.24, 2.45) is 0 Å². The largest absolute Gasteiger partial charge is 0.461 e. The Morgan fingerprint density at radius 2 is 1.74 bits per heavy atom. The van der Waals surface area contributed by atoms with Gasteiger partial charge in [0.05, 0.1) is 44.3 Å². The predicted molar refractivity (Wildman–Crippen MR) is 172 cm³/mol. The van der Waals surface area contributed by atoms with Crippen molar-refractivity contribution in [1.29, 1.82) is 0 Å². The zero-order chi connectivity index (χ0) is 32.5. The quantitative estimate of drug-likeness (QED) is 0.241. The molecule has 4 aliphatic rings. The Balaban J connectivity index is 1.29. The van der Waals surface area contributed by atoms with E-state index in [0.29, 0.717) is 30.9 Å². The molecule has 0 spiro atoms. The molecule has 2 bridgehead atoms. The first-order valence-corrected chi connectivity index (χ1v) is 16.5. The van der Waals surface area contributed by atoms with Crippen molar-refractivity contribution in [3.8, 4) is 17.3 Å². The summed E-state index contributed by atoms with van der Waals surface area (Å²) in [7, 11) is 0. The summed E-state index contributed by atoms with van der Waals surface area (Å²) in [6.45, 7) is 8.87. The van der Waals surface area contributed by atoms with E-state index in [-0.39, 0.29) is 62.2 Å². The zero-order valence-corrected chi connectivity index (χ0v) is 27.6. The molecular weight excluding hydrogens is 639 g/mol. The van der Waals surface area contributed by atoms with E-state index >= 15 is 8.78 Å². The summed E-state index contributed by atoms with van der Waals surface area (Å²) in [6, 6.07) is 0.952. The molecule has 7 rings (SSSR count). The molecule has 4 fully saturated rings. The predicted octanol–water partition coefficient (Wildman–Crippen LogP) is 6.45. The average Bonchev–Trinajstić information content (AvgIpc) is 3.66. The van der Waals surface area contributed by atoms with Crippen molar-refractivity contribution in [2.75, 3.05) is 43.4 Å². The molecule has 4 saturated heterocycles. The van der Waals surface area contributed by atoms with Crippen LogP contribution in [-0.2, 0) is 4.74 Å². The lowest BCUT2D eigenvalue weighted by Crippen LogP contribution is -2.57. The summed E-state index contributed by atoms with van der Waals surface area (Å²) in [6.07, 6.45) is 6.89. The highest BCUT2D eigenvalue weighted by molar-refractivity contribution is 6.37. The molecule has 14 heteroatoms. The number of ether oxygens (including phenoxy) is 2. The number of benzene rings is 1. The van der Waals surface area contributed by atoms with Gasteiger partial charge in [-0.2, -0.15) is 9.97 Å². The molecule has 4 aliphatic heterocycles. The van der Waals surface area contributed by atoms with Crippen molar-refractivity contribution >= 4 is 51.7 Å². The van der Waals surface area contributed by atoms with Gasteiger partial charge in [0, 0.05) is 19.3 Å². The molecule has 2 aromatic heterocycles. The Labute approximate surface area is 276 Å². The molecule has 46 heavy (non-hydrogen) atoms. The molecule has 0 aliphatic carbocycles. The van der Waals surface area contributed by atoms with Crippen LogP contribution in [0, 0.1) is 11.6 Å². The van der Waals surface area contributed by atoms with Crippen LogP contribution in [0.3, 0.4) is 0 Å². The van der Waals surface area contributed by atoms with Crippen molar-refractivity contribution in [3.05, 3.63) is 33.9 Å². The Kier molecular flexibility index (Phi) is 7.84. The number of anilines is 2. The minimum absolute atomic E-state index is 0.0196. The summed E-state index contributed by atoms with van der Waals surface area (Å²) in [4.78, 5) is 33.1. The SMILES string of the molecule is CC(C)(C)OC(=O)N1C2CCC1CN(c1nc(OCC34CCCN3CCC4)nc3c(F)c(-c4c(N)c(Cl)cc(Cl)c4F)ncc13)C2. The molecule has 2 unspecified atom stereocenters. The van der Waals surface area contributed by atoms with Crippen LogP contribution in [0.15, 0.2) is 12.3 Å². The minimum Gasteiger partial charge on any atom is -0.461 e. The summed E-state index contributed by atoms with van der Waals surface area (Å²) in [5.74, 6) is -1.40. The van der Waals surface area contributed by atoms with E-state index < -0.39 is 17.2 Å². The third-order valence-corrected chi connectivity index (χ3v) is 10.3. The second kappa shape index (κ2) is 11.5. The Morgan fingerprint density at radius 3 is 2.39 bits per heavy atom. The van der Waals surface area contributed by atoms with E-state index in [1.54, 1.807) is 0 Å². The van der Waals surface area contributed by atoms with Gasteiger partial charge in [-0.05, 0) is 78.5 Å². The number of carbonyl (C=O) groups is 1. The lowest BCUT2D eigenvalue weighted by atomic mass is 9.95. The Bertz CT molecular complexity index is 1670. The zero-order valence-electron chi connectivity index (χ0n) is 26.1. The van der Waals surface area contributed by atoms with Gasteiger partial charge in [0.1, 0.15) is 29.2 Å². The lowest BCUT2D eigenvalue weighted by molar-refractivity contribution is 0.0122. The molecular formula is C32H37Cl2F2N7O3. The Morgan fingerprint density at radius 1 is 1.07 bits per heavy atom. The van der Waals surface area contributed by atoms with E-state index in [4.69, 9.17) is 43.4 Å². The number of hydrogen-bond acceptors (Lipinski definition) is 9. The van der Waals surface area contributed by atoms with Gasteiger partial charge in [0.2, 0.25) is 0 Å². The molecule has 1 amide bonds. The van der Waals surface area contributed by atoms with Crippen LogP contribution in [0.2, 0.25) is 10.0 Å². The average molecular weight is 677 g/mol. The van der Waals surface area contributed by atoms with Crippen LogP contribution in [0.25, 0.3) is 22.2 Å². The fourth-order valence-electron chi connectivity index (χ4n) is 7.69. The van der Waals surface area contributed by atoms with Gasteiger partial charge in [-0.25, -0.2) is 13.6 Å². The molecule has 6 heterocycles. The fourth-order valence-corrected chi connectivity index (χ4v) is 8.15. The molecule has 2 atom stereocenters. The number of piperazine rings is 1. The van der Waals surface area contributed by atoms with E-state index in [0.717, 1.165) is 51.6 Å². The monoisotopic (exact) mass is 675 g/mol. The van der Waals surface area contributed by atoms with Gasteiger partial charge in [-0.15, -0.1) is 0 Å². The highest BCUT2D eigenvalue weighted by Crippen LogP contribution is 2.43. The molecule has 2 N–H and O–H groups in total. The summed E-state index contributed by atoms with van der Waals surface area (Å²) >= 11 is 12.2. The van der Waals surface area contributed by atoms with Crippen molar-refractivity contribution < 1.29 is 23.0 Å². The third kappa shape index (κ3) is 5.35. The number of nitrogens with two attached hydrogens (primary N) is 1. The van der Waals surface area contributed by atoms with Crippen LogP contribution in [0.5, 0.6) is 6.01 Å². The van der Waals surface area contributed by atoms with E-state index in [1.807, 2.05) is 30.6 Å². The van der Waals surface area contributed by atoms with Gasteiger partial charge in [-0.1, -0.05) is 23.2 Å². The fraction of sp³-hybridized carbons (Fsp3) is 0.562. The molecule has 10 nitrogen and oxygen atoms in total. The number of carbonyl (C=O) groups excluding carboxylic acids is 1. The van der Waals surface area contributed by atoms with Gasteiger partial charge < -0.3 is 20.1 Å². The standard InChI is InChI=1S/C32H37Cl2F2N7O3/c1-31(2,3)46-30(44)43-17-6-7-18(43)15-41(14-17)28-19-13-38-27(22-23(35)20(33)12-21(34)25(22)37)24(36)26(19)39-29(40-28)45-16-32-8-4-10-42(32)11-5-9-32/h12-13,17-18H,4-11,14-16,37H2,1-3H3. The normalized spacial score (nSPS) is 22.5. The molecule has 0 saturated carbocycles. The van der Waals surface area contributed by atoms with Crippen LogP contribution >= 0.6 is 23.2 Å². The van der Waals surface area contributed by atoms with Crippen LogP contribution < -0.4 is 15.4 Å². The molecule has 1 aromatic carbocycles. The van der Waals surface area contributed by atoms with Gasteiger partial charge in [-0.3, -0.25) is 14.8 Å². The lowest BCUT2D eigenvalue weighted by Gasteiger charge is -2.42. The van der Waals surface area contributed by atoms with E-state index in [2.05, 4.69) is 14.9 Å². The maximum absolute atomic E-state index is 16.5.